The second kappa shape index (κ2) is 3.19. The van der Waals surface area contributed by atoms with Crippen LogP contribution in [0.5, 0.6) is 0 Å². The van der Waals surface area contributed by atoms with Crippen molar-refractivity contribution in [3.05, 3.63) is 12.7 Å². The molecule has 0 aromatic carbocycles. The standard InChI is InChI=1S/C10H15NO2S/c1-3-7-6-8(7)9(12)11-14(13)10(2)4-5-10/h3,7-8H,1,4-6H2,2H3,(H,11,12). The Morgan fingerprint density at radius 1 is 1.64 bits per heavy atom. The number of amides is 1. The zero-order chi connectivity index (χ0) is 10.3. The van der Waals surface area contributed by atoms with E-state index in [4.69, 9.17) is 0 Å². The molecule has 0 aromatic rings. The molecule has 2 aliphatic rings. The minimum absolute atomic E-state index is 0.0267. The number of nitrogens with one attached hydrogen (secondary N) is 1. The molecule has 2 fully saturated rings. The molecular weight excluding hydrogens is 198 g/mol. The lowest BCUT2D eigenvalue weighted by Crippen LogP contribution is -2.34. The molecule has 1 N–H and O–H groups in total. The van der Waals surface area contributed by atoms with Gasteiger partial charge in [0.2, 0.25) is 5.91 Å². The zero-order valence-corrected chi connectivity index (χ0v) is 9.10. The van der Waals surface area contributed by atoms with Gasteiger partial charge in [0.15, 0.2) is 0 Å². The largest absolute Gasteiger partial charge is 0.274 e. The van der Waals surface area contributed by atoms with E-state index in [1.807, 2.05) is 6.92 Å². The Labute approximate surface area is 86.5 Å². The predicted octanol–water partition coefficient (Wildman–Crippen LogP) is 1.14. The van der Waals surface area contributed by atoms with E-state index >= 15 is 0 Å². The molecule has 0 saturated heterocycles. The topological polar surface area (TPSA) is 46.2 Å². The Bertz CT molecular complexity index is 309. The van der Waals surface area contributed by atoms with Gasteiger partial charge in [-0.25, -0.2) is 4.21 Å². The first-order valence-corrected chi connectivity index (χ1v) is 6.07. The van der Waals surface area contributed by atoms with Crippen LogP contribution in [-0.2, 0) is 15.8 Å². The summed E-state index contributed by atoms with van der Waals surface area (Å²) in [6.45, 7) is 5.59. The minimum Gasteiger partial charge on any atom is -0.274 e. The van der Waals surface area contributed by atoms with E-state index in [0.29, 0.717) is 5.92 Å². The van der Waals surface area contributed by atoms with Gasteiger partial charge >= 0.3 is 0 Å². The van der Waals surface area contributed by atoms with E-state index in [1.165, 1.54) is 0 Å². The Morgan fingerprint density at radius 2 is 2.29 bits per heavy atom. The van der Waals surface area contributed by atoms with Crippen molar-refractivity contribution >= 4 is 16.9 Å². The van der Waals surface area contributed by atoms with Crippen LogP contribution < -0.4 is 4.72 Å². The third-order valence-corrected chi connectivity index (χ3v) is 4.76. The number of carbonyl (C=O) groups excluding carboxylic acids is 1. The number of allylic oxidation sites excluding steroid dienone is 1. The van der Waals surface area contributed by atoms with Crippen LogP contribution in [0.2, 0.25) is 0 Å². The quantitative estimate of drug-likeness (QED) is 0.712. The molecule has 0 spiro atoms. The van der Waals surface area contributed by atoms with Gasteiger partial charge < -0.3 is 0 Å². The fraction of sp³-hybridized carbons (Fsp3) is 0.700. The van der Waals surface area contributed by atoms with E-state index in [0.717, 1.165) is 19.3 Å². The average Bonchev–Trinajstić information content (AvgIpc) is 2.98. The van der Waals surface area contributed by atoms with Crippen molar-refractivity contribution in [3.8, 4) is 0 Å². The molecule has 0 heterocycles. The summed E-state index contributed by atoms with van der Waals surface area (Å²) in [5.41, 5.74) is 0. The first-order chi connectivity index (χ1) is 6.57. The molecule has 2 saturated carbocycles. The number of carbonyl (C=O) groups is 1. The van der Waals surface area contributed by atoms with Crippen LogP contribution in [-0.4, -0.2) is 14.9 Å². The van der Waals surface area contributed by atoms with Crippen LogP contribution in [0.4, 0.5) is 0 Å². The Balaban J connectivity index is 1.83. The van der Waals surface area contributed by atoms with E-state index < -0.39 is 11.0 Å². The molecule has 2 aliphatic carbocycles. The van der Waals surface area contributed by atoms with Gasteiger partial charge in [0, 0.05) is 5.92 Å². The van der Waals surface area contributed by atoms with Gasteiger partial charge in [-0.3, -0.25) is 9.52 Å². The number of rotatable bonds is 4. The third kappa shape index (κ3) is 1.75. The van der Waals surface area contributed by atoms with Gasteiger partial charge in [-0.15, -0.1) is 6.58 Å². The minimum atomic E-state index is -1.19. The molecule has 3 atom stereocenters. The Kier molecular flexibility index (Phi) is 2.26. The van der Waals surface area contributed by atoms with Crippen LogP contribution in [0.1, 0.15) is 26.2 Å². The van der Waals surface area contributed by atoms with Crippen molar-refractivity contribution in [2.45, 2.75) is 30.9 Å². The maximum Gasteiger partial charge on any atom is 0.235 e. The lowest BCUT2D eigenvalue weighted by atomic mass is 10.3. The predicted molar refractivity (Wildman–Crippen MR) is 55.7 cm³/mol. The maximum atomic E-state index is 11.6. The van der Waals surface area contributed by atoms with Crippen LogP contribution in [0.25, 0.3) is 0 Å². The molecule has 2 rings (SSSR count). The van der Waals surface area contributed by atoms with E-state index in [-0.39, 0.29) is 16.6 Å². The summed E-state index contributed by atoms with van der Waals surface area (Å²) in [6.07, 6.45) is 4.57. The summed E-state index contributed by atoms with van der Waals surface area (Å²) in [4.78, 5) is 11.5. The zero-order valence-electron chi connectivity index (χ0n) is 8.29. The maximum absolute atomic E-state index is 11.6. The van der Waals surface area contributed by atoms with Crippen molar-refractivity contribution in [1.82, 2.24) is 4.72 Å². The second-order valence-electron chi connectivity index (χ2n) is 4.43. The highest BCUT2D eigenvalue weighted by Gasteiger charge is 2.47. The first-order valence-electron chi connectivity index (χ1n) is 4.92. The summed E-state index contributed by atoms with van der Waals surface area (Å²) in [5, 5.41) is 0. The van der Waals surface area contributed by atoms with Crippen molar-refractivity contribution in [1.29, 1.82) is 0 Å². The second-order valence-corrected chi connectivity index (χ2v) is 6.15. The van der Waals surface area contributed by atoms with Crippen LogP contribution in [0.15, 0.2) is 12.7 Å². The molecule has 0 bridgehead atoms. The monoisotopic (exact) mass is 213 g/mol. The molecule has 78 valence electrons. The van der Waals surface area contributed by atoms with Gasteiger partial charge in [0.1, 0.15) is 11.0 Å². The van der Waals surface area contributed by atoms with Crippen molar-refractivity contribution < 1.29 is 9.00 Å². The van der Waals surface area contributed by atoms with Crippen molar-refractivity contribution in [3.63, 3.8) is 0 Å². The summed E-state index contributed by atoms with van der Waals surface area (Å²) >= 11 is 0. The van der Waals surface area contributed by atoms with Crippen molar-refractivity contribution in [2.75, 3.05) is 0 Å². The summed E-state index contributed by atoms with van der Waals surface area (Å²) in [7, 11) is -1.19. The summed E-state index contributed by atoms with van der Waals surface area (Å²) in [6, 6.07) is 0. The SMILES string of the molecule is C=CC1CC1C(=O)NS(=O)C1(C)CC1. The van der Waals surface area contributed by atoms with E-state index in [2.05, 4.69) is 11.3 Å². The number of hydrogen-bond acceptors (Lipinski definition) is 2. The highest BCUT2D eigenvalue weighted by atomic mass is 32.2. The Hall–Kier alpha value is -0.640. The normalized spacial score (nSPS) is 34.4. The van der Waals surface area contributed by atoms with Crippen molar-refractivity contribution in [2.24, 2.45) is 11.8 Å². The molecule has 0 aromatic heterocycles. The lowest BCUT2D eigenvalue weighted by Gasteiger charge is -2.09. The first kappa shape index (κ1) is 9.90. The number of hydrogen-bond donors (Lipinski definition) is 1. The molecule has 3 nitrogen and oxygen atoms in total. The fourth-order valence-electron chi connectivity index (χ4n) is 1.43. The molecule has 4 heteroatoms. The van der Waals surface area contributed by atoms with E-state index in [9.17, 15) is 9.00 Å². The fourth-order valence-corrected chi connectivity index (χ4v) is 2.48. The highest BCUT2D eigenvalue weighted by Crippen LogP contribution is 2.42. The molecule has 3 unspecified atom stereocenters. The van der Waals surface area contributed by atoms with Gasteiger partial charge in [-0.2, -0.15) is 0 Å². The molecule has 1 amide bonds. The third-order valence-electron chi connectivity index (χ3n) is 3.07. The van der Waals surface area contributed by atoms with Crippen LogP contribution >= 0.6 is 0 Å². The summed E-state index contributed by atoms with van der Waals surface area (Å²) < 4.78 is 14.1. The average molecular weight is 213 g/mol. The van der Waals surface area contributed by atoms with Gasteiger partial charge in [0.25, 0.3) is 0 Å². The Morgan fingerprint density at radius 3 is 2.71 bits per heavy atom. The van der Waals surface area contributed by atoms with Crippen LogP contribution in [0, 0.1) is 11.8 Å². The van der Waals surface area contributed by atoms with Crippen LogP contribution in [0.3, 0.4) is 0 Å². The molecular formula is C10H15NO2S. The summed E-state index contributed by atoms with van der Waals surface area (Å²) in [5.74, 6) is 0.263. The van der Waals surface area contributed by atoms with E-state index in [1.54, 1.807) is 6.08 Å². The lowest BCUT2D eigenvalue weighted by molar-refractivity contribution is -0.120. The highest BCUT2D eigenvalue weighted by molar-refractivity contribution is 7.85. The van der Waals surface area contributed by atoms with Gasteiger partial charge in [-0.1, -0.05) is 6.08 Å². The smallest absolute Gasteiger partial charge is 0.235 e. The molecule has 0 aliphatic heterocycles. The van der Waals surface area contributed by atoms with Gasteiger partial charge in [0.05, 0.1) is 4.75 Å². The van der Waals surface area contributed by atoms with Gasteiger partial charge in [-0.05, 0) is 32.1 Å². The molecule has 14 heavy (non-hydrogen) atoms. The molecule has 0 radical (unpaired) electrons.